The molecule has 2 aliphatic heterocycles. The van der Waals surface area contributed by atoms with E-state index in [1.54, 1.807) is 0 Å². The second kappa shape index (κ2) is 5.31. The van der Waals surface area contributed by atoms with E-state index in [4.69, 9.17) is 0 Å². The van der Waals surface area contributed by atoms with Crippen molar-refractivity contribution in [3.05, 3.63) is 0 Å². The summed E-state index contributed by atoms with van der Waals surface area (Å²) in [6, 6.07) is 0.891. The van der Waals surface area contributed by atoms with Crippen LogP contribution in [-0.4, -0.2) is 66.0 Å². The largest absolute Gasteiger partial charge is 0.324 e. The first-order chi connectivity index (χ1) is 9.22. The van der Waals surface area contributed by atoms with Crippen LogP contribution in [0.2, 0.25) is 0 Å². The summed E-state index contributed by atoms with van der Waals surface area (Å²) in [5.41, 5.74) is 0. The Balaban J connectivity index is 1.54. The third-order valence-corrected chi connectivity index (χ3v) is 5.52. The molecule has 4 nitrogen and oxygen atoms in total. The minimum absolute atomic E-state index is 0.309. The van der Waals surface area contributed by atoms with E-state index in [-0.39, 0.29) is 0 Å². The Hall–Kier alpha value is -0.770. The zero-order chi connectivity index (χ0) is 13.4. The van der Waals surface area contributed by atoms with E-state index in [0.717, 1.165) is 57.5 Å². The summed E-state index contributed by atoms with van der Waals surface area (Å²) in [5, 5.41) is 0. The molecule has 3 atom stereocenters. The molecule has 2 amide bonds. The molecule has 0 aromatic rings. The molecule has 3 rings (SSSR count). The fourth-order valence-corrected chi connectivity index (χ4v) is 4.07. The van der Waals surface area contributed by atoms with Crippen molar-refractivity contribution >= 4 is 6.03 Å². The number of urea groups is 1. The number of fused-ring (bicyclic) bond motifs is 1. The predicted octanol–water partition coefficient (Wildman–Crippen LogP) is 1.86. The van der Waals surface area contributed by atoms with Crippen LogP contribution in [0.4, 0.5) is 4.79 Å². The molecule has 0 aromatic heterocycles. The van der Waals surface area contributed by atoms with Crippen LogP contribution < -0.4 is 0 Å². The van der Waals surface area contributed by atoms with Crippen molar-refractivity contribution in [3.63, 3.8) is 0 Å². The van der Waals surface area contributed by atoms with Crippen molar-refractivity contribution in [2.24, 2.45) is 11.8 Å². The SMILES string of the molecule is CCN(CC)C1CCN(C(=O)N2C[C@H]3CC[C@H]3C2)C1. The number of rotatable bonds is 3. The second-order valence-corrected chi connectivity index (χ2v) is 6.39. The Kier molecular flexibility index (Phi) is 3.70. The molecule has 4 heteroatoms. The van der Waals surface area contributed by atoms with Gasteiger partial charge in [0.15, 0.2) is 0 Å². The molecule has 1 aliphatic carbocycles. The van der Waals surface area contributed by atoms with Crippen molar-refractivity contribution in [3.8, 4) is 0 Å². The molecule has 108 valence electrons. The van der Waals surface area contributed by atoms with E-state index in [1.807, 2.05) is 0 Å². The number of nitrogens with zero attached hydrogens (tertiary/aromatic N) is 3. The van der Waals surface area contributed by atoms with Gasteiger partial charge < -0.3 is 9.80 Å². The average Bonchev–Trinajstić information content (AvgIpc) is 2.97. The average molecular weight is 265 g/mol. The molecule has 0 spiro atoms. The standard InChI is InChI=1S/C15H27N3O/c1-3-16(4-2)14-7-8-17(11-14)15(19)18-9-12-5-6-13(12)10-18/h12-14H,3-11H2,1-2H3/t12-,13+,14?. The van der Waals surface area contributed by atoms with E-state index < -0.39 is 0 Å². The fourth-order valence-electron chi connectivity index (χ4n) is 4.07. The number of likely N-dealkylation sites (tertiary alicyclic amines) is 2. The van der Waals surface area contributed by atoms with Crippen molar-refractivity contribution in [1.82, 2.24) is 14.7 Å². The summed E-state index contributed by atoms with van der Waals surface area (Å²) in [5.74, 6) is 1.65. The highest BCUT2D eigenvalue weighted by Crippen LogP contribution is 2.40. The van der Waals surface area contributed by atoms with E-state index in [0.29, 0.717) is 12.1 Å². The summed E-state index contributed by atoms with van der Waals surface area (Å²) in [7, 11) is 0. The summed E-state index contributed by atoms with van der Waals surface area (Å²) in [4.78, 5) is 19.2. The van der Waals surface area contributed by atoms with Crippen LogP contribution >= 0.6 is 0 Å². The number of amides is 2. The van der Waals surface area contributed by atoms with E-state index in [2.05, 4.69) is 28.5 Å². The zero-order valence-electron chi connectivity index (χ0n) is 12.3. The molecule has 0 radical (unpaired) electrons. The van der Waals surface area contributed by atoms with Crippen molar-refractivity contribution < 1.29 is 4.79 Å². The van der Waals surface area contributed by atoms with Gasteiger partial charge in [-0.05, 0) is 44.2 Å². The molecule has 1 saturated carbocycles. The zero-order valence-corrected chi connectivity index (χ0v) is 12.3. The van der Waals surface area contributed by atoms with Crippen LogP contribution in [0.1, 0.15) is 33.1 Å². The van der Waals surface area contributed by atoms with Gasteiger partial charge in [-0.25, -0.2) is 4.79 Å². The number of likely N-dealkylation sites (N-methyl/N-ethyl adjacent to an activating group) is 1. The van der Waals surface area contributed by atoms with Crippen molar-refractivity contribution in [2.45, 2.75) is 39.2 Å². The van der Waals surface area contributed by atoms with E-state index >= 15 is 0 Å². The lowest BCUT2D eigenvalue weighted by Gasteiger charge is -2.28. The molecular formula is C15H27N3O. The van der Waals surface area contributed by atoms with Gasteiger partial charge in [-0.1, -0.05) is 13.8 Å². The monoisotopic (exact) mass is 265 g/mol. The lowest BCUT2D eigenvalue weighted by molar-refractivity contribution is 0.163. The fraction of sp³-hybridized carbons (Fsp3) is 0.933. The van der Waals surface area contributed by atoms with Gasteiger partial charge in [0.2, 0.25) is 0 Å². The first-order valence-corrected chi connectivity index (χ1v) is 8.00. The Labute approximate surface area is 116 Å². The van der Waals surface area contributed by atoms with Gasteiger partial charge in [0.25, 0.3) is 0 Å². The van der Waals surface area contributed by atoms with Gasteiger partial charge in [-0.3, -0.25) is 4.90 Å². The van der Waals surface area contributed by atoms with Crippen molar-refractivity contribution in [2.75, 3.05) is 39.3 Å². The Morgan fingerprint density at radius 1 is 1.00 bits per heavy atom. The van der Waals surface area contributed by atoms with Gasteiger partial charge in [0.1, 0.15) is 0 Å². The lowest BCUT2D eigenvalue weighted by Crippen LogP contribution is -2.43. The maximum Gasteiger partial charge on any atom is 0.320 e. The second-order valence-electron chi connectivity index (χ2n) is 6.39. The lowest BCUT2D eigenvalue weighted by atomic mass is 9.77. The molecule has 2 saturated heterocycles. The first kappa shape index (κ1) is 13.2. The molecule has 2 heterocycles. The van der Waals surface area contributed by atoms with Crippen LogP contribution in [0.25, 0.3) is 0 Å². The normalized spacial score (nSPS) is 33.7. The maximum absolute atomic E-state index is 12.5. The summed E-state index contributed by atoms with van der Waals surface area (Å²) < 4.78 is 0. The predicted molar refractivity (Wildman–Crippen MR) is 76.1 cm³/mol. The van der Waals surface area contributed by atoms with Gasteiger partial charge in [0.05, 0.1) is 0 Å². The summed E-state index contributed by atoms with van der Waals surface area (Å²) >= 11 is 0. The molecule has 0 bridgehead atoms. The van der Waals surface area contributed by atoms with Crippen LogP contribution in [-0.2, 0) is 0 Å². The minimum atomic E-state index is 0.309. The maximum atomic E-state index is 12.5. The first-order valence-electron chi connectivity index (χ1n) is 8.00. The van der Waals surface area contributed by atoms with Crippen LogP contribution in [0, 0.1) is 11.8 Å². The van der Waals surface area contributed by atoms with Crippen LogP contribution in [0.3, 0.4) is 0 Å². The molecule has 3 aliphatic rings. The summed E-state index contributed by atoms with van der Waals surface area (Å²) in [6.45, 7) is 10.6. The molecular weight excluding hydrogens is 238 g/mol. The number of hydrogen-bond acceptors (Lipinski definition) is 2. The Morgan fingerprint density at radius 3 is 2.16 bits per heavy atom. The topological polar surface area (TPSA) is 26.8 Å². The number of hydrogen-bond donors (Lipinski definition) is 0. The molecule has 0 aromatic carbocycles. The molecule has 1 unspecified atom stereocenters. The van der Waals surface area contributed by atoms with Gasteiger partial charge in [-0.15, -0.1) is 0 Å². The highest BCUT2D eigenvalue weighted by Gasteiger charge is 2.43. The van der Waals surface area contributed by atoms with Crippen LogP contribution in [0.5, 0.6) is 0 Å². The van der Waals surface area contributed by atoms with E-state index in [9.17, 15) is 4.79 Å². The third-order valence-electron chi connectivity index (χ3n) is 5.52. The van der Waals surface area contributed by atoms with E-state index in [1.165, 1.54) is 12.8 Å². The third kappa shape index (κ3) is 2.35. The quantitative estimate of drug-likeness (QED) is 0.779. The number of carbonyl (C=O) groups is 1. The van der Waals surface area contributed by atoms with Gasteiger partial charge in [0, 0.05) is 32.2 Å². The number of carbonyl (C=O) groups excluding carboxylic acids is 1. The smallest absolute Gasteiger partial charge is 0.320 e. The van der Waals surface area contributed by atoms with Crippen LogP contribution in [0.15, 0.2) is 0 Å². The summed E-state index contributed by atoms with van der Waals surface area (Å²) in [6.07, 6.45) is 3.83. The minimum Gasteiger partial charge on any atom is -0.324 e. The van der Waals surface area contributed by atoms with Gasteiger partial charge >= 0.3 is 6.03 Å². The molecule has 19 heavy (non-hydrogen) atoms. The van der Waals surface area contributed by atoms with Gasteiger partial charge in [-0.2, -0.15) is 0 Å². The highest BCUT2D eigenvalue weighted by atomic mass is 16.2. The Morgan fingerprint density at radius 2 is 1.63 bits per heavy atom. The van der Waals surface area contributed by atoms with Crippen molar-refractivity contribution in [1.29, 1.82) is 0 Å². The highest BCUT2D eigenvalue weighted by molar-refractivity contribution is 5.75. The molecule has 3 fully saturated rings. The molecule has 0 N–H and O–H groups in total. The Bertz CT molecular complexity index is 330.